The summed E-state index contributed by atoms with van der Waals surface area (Å²) in [6.07, 6.45) is 1.54. The van der Waals surface area contributed by atoms with Crippen molar-refractivity contribution in [1.29, 1.82) is 0 Å². The third-order valence-corrected chi connectivity index (χ3v) is 0.711. The molecule has 0 rings (SSSR count). The second kappa shape index (κ2) is 15.4. The molecular weight excluding hydrogens is 336 g/mol. The van der Waals surface area contributed by atoms with Gasteiger partial charge in [-0.05, 0) is 24.3 Å². The van der Waals surface area contributed by atoms with E-state index in [2.05, 4.69) is 0 Å². The minimum absolute atomic E-state index is 0. The molecule has 0 heterocycles. The number of rotatable bonds is 4. The second-order valence-corrected chi connectivity index (χ2v) is 1.94. The van der Waals surface area contributed by atoms with E-state index >= 15 is 0 Å². The summed E-state index contributed by atoms with van der Waals surface area (Å²) in [5.41, 5.74) is 0. The number of carboxylic acid groups (broad SMARTS) is 4. The van der Waals surface area contributed by atoms with Crippen LogP contribution in [-0.2, 0) is 53.3 Å². The van der Waals surface area contributed by atoms with Crippen LogP contribution in [0.1, 0.15) is 0 Å². The van der Waals surface area contributed by atoms with E-state index in [0.717, 1.165) is 0 Å². The van der Waals surface area contributed by atoms with E-state index < -0.39 is 23.9 Å². The van der Waals surface area contributed by atoms with Crippen LogP contribution in [0, 0.1) is 0 Å². The zero-order valence-corrected chi connectivity index (χ0v) is 10.5. The molecule has 0 bridgehead atoms. The average molecular weight is 340 g/mol. The predicted octanol–water partition coefficient (Wildman–Crippen LogP) is -5.92. The molecule has 0 atom stereocenters. The third-order valence-electron chi connectivity index (χ3n) is 0.711. The van der Waals surface area contributed by atoms with Crippen molar-refractivity contribution in [3.63, 3.8) is 0 Å². The van der Waals surface area contributed by atoms with Crippen LogP contribution in [0.25, 0.3) is 0 Å². The van der Waals surface area contributed by atoms with Crippen molar-refractivity contribution >= 4 is 23.9 Å². The van der Waals surface area contributed by atoms with Gasteiger partial charge in [0.05, 0.1) is 23.9 Å². The summed E-state index contributed by atoms with van der Waals surface area (Å²) in [6, 6.07) is 0. The van der Waals surface area contributed by atoms with Crippen LogP contribution >= 0.6 is 0 Å². The molecule has 0 aliphatic carbocycles. The molecule has 0 aliphatic heterocycles. The van der Waals surface area contributed by atoms with Crippen molar-refractivity contribution in [2.75, 3.05) is 0 Å². The van der Waals surface area contributed by atoms with E-state index in [1.807, 2.05) is 0 Å². The zero-order valence-electron chi connectivity index (χ0n) is 8.28. The molecule has 0 N–H and O–H groups in total. The predicted molar refractivity (Wildman–Crippen MR) is 38.3 cm³/mol. The van der Waals surface area contributed by atoms with Crippen molar-refractivity contribution in [3.8, 4) is 0 Å². The molecule has 0 fully saturated rings. The molecule has 0 aromatic rings. The van der Waals surface area contributed by atoms with Crippen molar-refractivity contribution in [2.24, 2.45) is 0 Å². The molecule has 0 amide bonds. The third kappa shape index (κ3) is 36.6. The van der Waals surface area contributed by atoms with Crippen LogP contribution < -0.4 is 20.4 Å². The fourth-order valence-corrected chi connectivity index (χ4v) is 0.272. The van der Waals surface area contributed by atoms with E-state index in [9.17, 15) is 39.6 Å². The SMILES string of the molecule is O=C([O-])C=CC(=O)[O-].O=C([O-])C=CC(=O)[O-].[Fe+2].[Fe+2]. The van der Waals surface area contributed by atoms with Gasteiger partial charge in [0.1, 0.15) is 0 Å². The van der Waals surface area contributed by atoms with Gasteiger partial charge in [0.2, 0.25) is 0 Å². The molecule has 0 aromatic heterocycles. The minimum atomic E-state index is -1.55. The summed E-state index contributed by atoms with van der Waals surface area (Å²) >= 11 is 0. The van der Waals surface area contributed by atoms with Gasteiger partial charge in [-0.15, -0.1) is 0 Å². The van der Waals surface area contributed by atoms with Crippen LogP contribution in [-0.4, -0.2) is 23.9 Å². The topological polar surface area (TPSA) is 161 Å². The van der Waals surface area contributed by atoms with E-state index in [0.29, 0.717) is 24.3 Å². The monoisotopic (exact) mass is 340 g/mol. The molecule has 100 valence electrons. The Bertz CT molecular complexity index is 281. The van der Waals surface area contributed by atoms with Crippen LogP contribution in [0.15, 0.2) is 24.3 Å². The number of carboxylic acids is 4. The van der Waals surface area contributed by atoms with E-state index in [1.165, 1.54) is 0 Å². The van der Waals surface area contributed by atoms with E-state index in [4.69, 9.17) is 0 Å². The Hall–Kier alpha value is -1.60. The van der Waals surface area contributed by atoms with Gasteiger partial charge >= 0.3 is 34.1 Å². The molecular formula is C8H4Fe2O8. The Morgan fingerprint density at radius 2 is 0.611 bits per heavy atom. The molecule has 10 heteroatoms. The van der Waals surface area contributed by atoms with Gasteiger partial charge in [-0.25, -0.2) is 0 Å². The van der Waals surface area contributed by atoms with Gasteiger partial charge in [0, 0.05) is 0 Å². The standard InChI is InChI=1S/2C4H4O4.2Fe/c2*5-3(6)1-2-4(7)8;;/h2*1-2H,(H,5,6)(H,7,8);;/q;;2*+2/p-4. The van der Waals surface area contributed by atoms with Crippen LogP contribution in [0.2, 0.25) is 0 Å². The first-order valence-corrected chi connectivity index (χ1v) is 3.45. The van der Waals surface area contributed by atoms with Gasteiger partial charge in [-0.3, -0.25) is 0 Å². The largest absolute Gasteiger partial charge is 2.00 e. The summed E-state index contributed by atoms with van der Waals surface area (Å²) in [5, 5.41) is 37.7. The summed E-state index contributed by atoms with van der Waals surface area (Å²) in [5.74, 6) is -6.19. The fourth-order valence-electron chi connectivity index (χ4n) is 0.272. The fraction of sp³-hybridized carbons (Fsp3) is 0. The number of hydrogen-bond acceptors (Lipinski definition) is 8. The minimum Gasteiger partial charge on any atom is -0.545 e. The van der Waals surface area contributed by atoms with Crippen molar-refractivity contribution in [1.82, 2.24) is 0 Å². The smallest absolute Gasteiger partial charge is 0.545 e. The first-order chi connectivity index (χ1) is 7.25. The number of hydrogen-bond donors (Lipinski definition) is 0. The summed E-state index contributed by atoms with van der Waals surface area (Å²) < 4.78 is 0. The Morgan fingerprint density at radius 3 is 0.667 bits per heavy atom. The Labute approximate surface area is 122 Å². The maximum absolute atomic E-state index is 9.41. The molecule has 0 radical (unpaired) electrons. The molecule has 0 saturated carbocycles. The molecule has 0 aromatic carbocycles. The van der Waals surface area contributed by atoms with Gasteiger partial charge in [0.25, 0.3) is 0 Å². The zero-order chi connectivity index (χ0) is 13.1. The van der Waals surface area contributed by atoms with Crippen LogP contribution in [0.4, 0.5) is 0 Å². The maximum atomic E-state index is 9.41. The quantitative estimate of drug-likeness (QED) is 0.361. The number of aliphatic carboxylic acids is 4. The number of carbonyl (C=O) groups is 4. The van der Waals surface area contributed by atoms with Crippen molar-refractivity contribution < 1.29 is 73.7 Å². The Morgan fingerprint density at radius 1 is 0.500 bits per heavy atom. The molecule has 18 heavy (non-hydrogen) atoms. The summed E-state index contributed by atoms with van der Waals surface area (Å²) in [6.45, 7) is 0. The van der Waals surface area contributed by atoms with E-state index in [1.54, 1.807) is 0 Å². The second-order valence-electron chi connectivity index (χ2n) is 1.94. The normalized spacial score (nSPS) is 8.44. The summed E-state index contributed by atoms with van der Waals surface area (Å²) in [7, 11) is 0. The van der Waals surface area contributed by atoms with Gasteiger partial charge in [-0.1, -0.05) is 0 Å². The molecule has 0 spiro atoms. The van der Waals surface area contributed by atoms with Gasteiger partial charge in [0.15, 0.2) is 0 Å². The van der Waals surface area contributed by atoms with Crippen LogP contribution in [0.5, 0.6) is 0 Å². The first-order valence-electron chi connectivity index (χ1n) is 3.45. The Balaban J connectivity index is -0.0000000980. The van der Waals surface area contributed by atoms with Gasteiger partial charge in [-0.2, -0.15) is 0 Å². The molecule has 8 nitrogen and oxygen atoms in total. The number of carbonyl (C=O) groups excluding carboxylic acids is 4. The van der Waals surface area contributed by atoms with Crippen molar-refractivity contribution in [3.05, 3.63) is 24.3 Å². The molecule has 0 unspecified atom stereocenters. The average Bonchev–Trinajstić information content (AvgIpc) is 2.12. The van der Waals surface area contributed by atoms with Crippen LogP contribution in [0.3, 0.4) is 0 Å². The summed E-state index contributed by atoms with van der Waals surface area (Å²) in [4.78, 5) is 37.7. The van der Waals surface area contributed by atoms with Gasteiger partial charge < -0.3 is 39.6 Å². The molecule has 0 saturated heterocycles. The first kappa shape index (κ1) is 25.3. The van der Waals surface area contributed by atoms with E-state index in [-0.39, 0.29) is 34.1 Å². The molecule has 0 aliphatic rings. The maximum Gasteiger partial charge on any atom is 2.00 e. The Kier molecular flexibility index (Phi) is 21.6. The van der Waals surface area contributed by atoms with Crippen molar-refractivity contribution in [2.45, 2.75) is 0 Å².